The van der Waals surface area contributed by atoms with Crippen LogP contribution >= 0.6 is 0 Å². The van der Waals surface area contributed by atoms with Crippen molar-refractivity contribution in [2.45, 2.75) is 45.3 Å². The van der Waals surface area contributed by atoms with Crippen molar-refractivity contribution in [3.05, 3.63) is 18.2 Å². The first-order valence-electron chi connectivity index (χ1n) is 6.15. The van der Waals surface area contributed by atoms with E-state index in [4.69, 9.17) is 9.47 Å². The highest BCUT2D eigenvalue weighted by molar-refractivity contribution is 5.59. The quantitative estimate of drug-likeness (QED) is 0.867. The zero-order valence-electron chi connectivity index (χ0n) is 11.0. The molecule has 1 fully saturated rings. The molecule has 1 aliphatic rings. The normalized spacial score (nSPS) is 15.5. The van der Waals surface area contributed by atoms with E-state index in [1.165, 1.54) is 12.8 Å². The molecule has 2 rings (SSSR count). The third-order valence-electron chi connectivity index (χ3n) is 2.47. The summed E-state index contributed by atoms with van der Waals surface area (Å²) >= 11 is 0. The van der Waals surface area contributed by atoms with E-state index in [1.807, 2.05) is 46.0 Å². The molecule has 0 bridgehead atoms. The van der Waals surface area contributed by atoms with Crippen LogP contribution in [0.2, 0.25) is 0 Å². The second-order valence-electron chi connectivity index (χ2n) is 5.44. The van der Waals surface area contributed by atoms with Crippen LogP contribution in [-0.2, 0) is 0 Å². The third-order valence-corrected chi connectivity index (χ3v) is 2.47. The fourth-order valence-corrected chi connectivity index (χ4v) is 1.58. The average Bonchev–Trinajstić information content (AvgIpc) is 3.00. The molecule has 0 aromatic heterocycles. The monoisotopic (exact) mass is 235 g/mol. The van der Waals surface area contributed by atoms with Crippen LogP contribution in [0, 0.1) is 0 Å². The molecular weight excluding hydrogens is 214 g/mol. The molecule has 3 heteroatoms. The van der Waals surface area contributed by atoms with Crippen LogP contribution in [0.5, 0.6) is 11.5 Å². The maximum absolute atomic E-state index is 5.92. The number of anilines is 1. The van der Waals surface area contributed by atoms with Gasteiger partial charge in [-0.3, -0.25) is 0 Å². The predicted octanol–water partition coefficient (Wildman–Crippen LogP) is 3.45. The minimum absolute atomic E-state index is 0.205. The Hall–Kier alpha value is -1.38. The summed E-state index contributed by atoms with van der Waals surface area (Å²) in [5, 5.41) is 3.13. The molecule has 1 aliphatic carbocycles. The zero-order valence-corrected chi connectivity index (χ0v) is 11.0. The second kappa shape index (κ2) is 4.47. The van der Waals surface area contributed by atoms with Gasteiger partial charge in [-0.05, 0) is 45.7 Å². The molecule has 0 unspecified atom stereocenters. The summed E-state index contributed by atoms with van der Waals surface area (Å²) in [6, 6.07) is 5.95. The highest BCUT2D eigenvalue weighted by Gasteiger charge is 2.24. The topological polar surface area (TPSA) is 30.5 Å². The summed E-state index contributed by atoms with van der Waals surface area (Å²) in [5.74, 6) is 1.74. The Kier molecular flexibility index (Phi) is 3.18. The van der Waals surface area contributed by atoms with Gasteiger partial charge in [0.2, 0.25) is 0 Å². The standard InChI is InChI=1S/C14H21NO2/c1-14(2,3)17-13-9-11(16-10-5-6-10)7-8-12(13)15-4/h7-10,15H,5-6H2,1-4H3. The maximum Gasteiger partial charge on any atom is 0.146 e. The summed E-state index contributed by atoms with van der Waals surface area (Å²) in [6.07, 6.45) is 2.75. The minimum atomic E-state index is -0.205. The van der Waals surface area contributed by atoms with E-state index in [2.05, 4.69) is 5.32 Å². The molecule has 94 valence electrons. The van der Waals surface area contributed by atoms with Crippen molar-refractivity contribution >= 4 is 5.69 Å². The smallest absolute Gasteiger partial charge is 0.146 e. The van der Waals surface area contributed by atoms with Crippen molar-refractivity contribution in [1.29, 1.82) is 0 Å². The Bertz CT molecular complexity index is 392. The van der Waals surface area contributed by atoms with Gasteiger partial charge in [-0.2, -0.15) is 0 Å². The van der Waals surface area contributed by atoms with Crippen molar-refractivity contribution in [2.75, 3.05) is 12.4 Å². The molecule has 0 aliphatic heterocycles. The van der Waals surface area contributed by atoms with Crippen molar-refractivity contribution in [3.8, 4) is 11.5 Å². The number of benzene rings is 1. The lowest BCUT2D eigenvalue weighted by Crippen LogP contribution is -2.23. The first kappa shape index (κ1) is 12.1. The third kappa shape index (κ3) is 3.55. The predicted molar refractivity (Wildman–Crippen MR) is 70.0 cm³/mol. The van der Waals surface area contributed by atoms with Crippen LogP contribution in [0.3, 0.4) is 0 Å². The Morgan fingerprint density at radius 1 is 1.24 bits per heavy atom. The number of hydrogen-bond acceptors (Lipinski definition) is 3. The minimum Gasteiger partial charge on any atom is -0.490 e. The van der Waals surface area contributed by atoms with Gasteiger partial charge in [0.15, 0.2) is 0 Å². The molecule has 3 nitrogen and oxygen atoms in total. The fourth-order valence-electron chi connectivity index (χ4n) is 1.58. The SMILES string of the molecule is CNc1ccc(OC2CC2)cc1OC(C)(C)C. The number of ether oxygens (including phenoxy) is 2. The van der Waals surface area contributed by atoms with E-state index < -0.39 is 0 Å². The lowest BCUT2D eigenvalue weighted by Gasteiger charge is -2.23. The van der Waals surface area contributed by atoms with Crippen molar-refractivity contribution < 1.29 is 9.47 Å². The van der Waals surface area contributed by atoms with Gasteiger partial charge < -0.3 is 14.8 Å². The van der Waals surface area contributed by atoms with Crippen LogP contribution in [-0.4, -0.2) is 18.8 Å². The molecule has 1 aromatic carbocycles. The Morgan fingerprint density at radius 3 is 2.47 bits per heavy atom. The molecule has 0 heterocycles. The van der Waals surface area contributed by atoms with Crippen LogP contribution in [0.15, 0.2) is 18.2 Å². The van der Waals surface area contributed by atoms with Crippen molar-refractivity contribution in [3.63, 3.8) is 0 Å². The van der Waals surface area contributed by atoms with Gasteiger partial charge >= 0.3 is 0 Å². The Labute approximate surface area is 103 Å². The summed E-state index contributed by atoms with van der Waals surface area (Å²) in [4.78, 5) is 0. The first-order valence-corrected chi connectivity index (χ1v) is 6.15. The van der Waals surface area contributed by atoms with E-state index in [0.29, 0.717) is 6.10 Å². The maximum atomic E-state index is 5.92. The molecule has 0 atom stereocenters. The summed E-state index contributed by atoms with van der Waals surface area (Å²) in [5.41, 5.74) is 0.784. The van der Waals surface area contributed by atoms with Crippen LogP contribution < -0.4 is 14.8 Å². The van der Waals surface area contributed by atoms with Gasteiger partial charge in [0.25, 0.3) is 0 Å². The molecule has 0 amide bonds. The number of rotatable bonds is 4. The lowest BCUT2D eigenvalue weighted by molar-refractivity contribution is 0.131. The zero-order chi connectivity index (χ0) is 12.5. The molecule has 0 radical (unpaired) electrons. The number of hydrogen-bond donors (Lipinski definition) is 1. The molecule has 17 heavy (non-hydrogen) atoms. The summed E-state index contributed by atoms with van der Waals surface area (Å²) < 4.78 is 11.7. The van der Waals surface area contributed by atoms with Gasteiger partial charge in [0.05, 0.1) is 11.8 Å². The van der Waals surface area contributed by atoms with Crippen LogP contribution in [0.4, 0.5) is 5.69 Å². The molecule has 1 N–H and O–H groups in total. The molecular formula is C14H21NO2. The van der Waals surface area contributed by atoms with Crippen molar-refractivity contribution in [2.24, 2.45) is 0 Å². The highest BCUT2D eigenvalue weighted by atomic mass is 16.5. The number of nitrogens with one attached hydrogen (secondary N) is 1. The van der Waals surface area contributed by atoms with Crippen molar-refractivity contribution in [1.82, 2.24) is 0 Å². The van der Waals surface area contributed by atoms with E-state index >= 15 is 0 Å². The summed E-state index contributed by atoms with van der Waals surface area (Å²) in [7, 11) is 1.90. The van der Waals surface area contributed by atoms with Crippen LogP contribution in [0.25, 0.3) is 0 Å². The summed E-state index contributed by atoms with van der Waals surface area (Å²) in [6.45, 7) is 6.13. The highest BCUT2D eigenvalue weighted by Crippen LogP contribution is 2.34. The lowest BCUT2D eigenvalue weighted by atomic mass is 10.2. The Balaban J connectivity index is 2.18. The van der Waals surface area contributed by atoms with Crippen LogP contribution in [0.1, 0.15) is 33.6 Å². The van der Waals surface area contributed by atoms with Gasteiger partial charge in [0, 0.05) is 13.1 Å². The van der Waals surface area contributed by atoms with Gasteiger partial charge in [-0.15, -0.1) is 0 Å². The van der Waals surface area contributed by atoms with Gasteiger partial charge in [0.1, 0.15) is 17.1 Å². The van der Waals surface area contributed by atoms with Gasteiger partial charge in [-0.1, -0.05) is 0 Å². The molecule has 0 saturated heterocycles. The Morgan fingerprint density at radius 2 is 1.94 bits per heavy atom. The average molecular weight is 235 g/mol. The van der Waals surface area contributed by atoms with E-state index in [0.717, 1.165) is 17.2 Å². The van der Waals surface area contributed by atoms with Gasteiger partial charge in [-0.25, -0.2) is 0 Å². The van der Waals surface area contributed by atoms with E-state index in [-0.39, 0.29) is 5.60 Å². The molecule has 1 aromatic rings. The van der Waals surface area contributed by atoms with E-state index in [9.17, 15) is 0 Å². The second-order valence-corrected chi connectivity index (χ2v) is 5.44. The fraction of sp³-hybridized carbons (Fsp3) is 0.571. The largest absolute Gasteiger partial charge is 0.490 e. The molecule has 0 spiro atoms. The van der Waals surface area contributed by atoms with E-state index in [1.54, 1.807) is 0 Å². The first-order chi connectivity index (χ1) is 7.98. The molecule has 1 saturated carbocycles.